The van der Waals surface area contributed by atoms with Crippen LogP contribution >= 0.6 is 0 Å². The number of hydrogen-bond acceptors (Lipinski definition) is 4. The first-order valence-corrected chi connectivity index (χ1v) is 6.61. The molecule has 0 aliphatic rings. The number of ether oxygens (including phenoxy) is 2. The summed E-state index contributed by atoms with van der Waals surface area (Å²) in [5.41, 5.74) is 0.586. The summed E-state index contributed by atoms with van der Waals surface area (Å²) in [6.45, 7) is 3.84. The molecule has 0 spiro atoms. The molecule has 0 bridgehead atoms. The van der Waals surface area contributed by atoms with Crippen molar-refractivity contribution in [2.75, 3.05) is 33.4 Å². The van der Waals surface area contributed by atoms with Crippen LogP contribution in [0.2, 0.25) is 0 Å². The average molecular weight is 276 g/mol. The third-order valence-corrected chi connectivity index (χ3v) is 2.76. The van der Waals surface area contributed by atoms with Gasteiger partial charge in [0.1, 0.15) is 5.75 Å². The van der Waals surface area contributed by atoms with E-state index in [0.29, 0.717) is 38.3 Å². The lowest BCUT2D eigenvalue weighted by molar-refractivity contribution is 0.0700. The Kier molecular flexibility index (Phi) is 7.15. The third kappa shape index (κ3) is 4.90. The molecule has 20 heavy (non-hydrogen) atoms. The van der Waals surface area contributed by atoms with Crippen molar-refractivity contribution >= 4 is 5.91 Å². The van der Waals surface area contributed by atoms with Gasteiger partial charge in [0.25, 0.3) is 5.91 Å². The van der Waals surface area contributed by atoms with Gasteiger partial charge < -0.3 is 14.4 Å². The number of carbonyl (C=O) groups excluding carboxylic acids is 1. The molecule has 0 radical (unpaired) electrons. The summed E-state index contributed by atoms with van der Waals surface area (Å²) in [7, 11) is 1.59. The Morgan fingerprint density at radius 2 is 2.00 bits per heavy atom. The predicted molar refractivity (Wildman–Crippen MR) is 75.6 cm³/mol. The second kappa shape index (κ2) is 8.94. The van der Waals surface area contributed by atoms with Gasteiger partial charge in [-0.05, 0) is 31.2 Å². The van der Waals surface area contributed by atoms with Crippen LogP contribution in [0.5, 0.6) is 5.75 Å². The van der Waals surface area contributed by atoms with Gasteiger partial charge in [-0.1, -0.05) is 0 Å². The minimum Gasteiger partial charge on any atom is -0.494 e. The molecule has 0 aliphatic heterocycles. The topological polar surface area (TPSA) is 62.6 Å². The van der Waals surface area contributed by atoms with Crippen molar-refractivity contribution in [2.45, 2.75) is 13.3 Å². The van der Waals surface area contributed by atoms with Crippen LogP contribution in [-0.2, 0) is 4.74 Å². The van der Waals surface area contributed by atoms with Gasteiger partial charge in [0.2, 0.25) is 0 Å². The smallest absolute Gasteiger partial charge is 0.253 e. The Labute approximate surface area is 119 Å². The monoisotopic (exact) mass is 276 g/mol. The van der Waals surface area contributed by atoms with Gasteiger partial charge in [-0.2, -0.15) is 5.26 Å². The summed E-state index contributed by atoms with van der Waals surface area (Å²) >= 11 is 0. The Bertz CT molecular complexity index is 451. The van der Waals surface area contributed by atoms with Gasteiger partial charge in [0, 0.05) is 25.8 Å². The zero-order valence-electron chi connectivity index (χ0n) is 12.0. The Balaban J connectivity index is 2.74. The van der Waals surface area contributed by atoms with Crippen LogP contribution in [-0.4, -0.2) is 44.2 Å². The number of nitrogens with zero attached hydrogens (tertiary/aromatic N) is 2. The molecule has 108 valence electrons. The molecule has 0 saturated carbocycles. The van der Waals surface area contributed by atoms with Crippen molar-refractivity contribution in [1.82, 2.24) is 4.90 Å². The standard InChI is InChI=1S/C15H20N2O3/c1-3-20-14-7-5-13(6-8-14)15(18)17(10-4-9-16)11-12-19-2/h5-8H,3-4,10-12H2,1-2H3. The van der Waals surface area contributed by atoms with Crippen LogP contribution in [0, 0.1) is 11.3 Å². The van der Waals surface area contributed by atoms with Crippen LogP contribution < -0.4 is 4.74 Å². The normalized spacial score (nSPS) is 9.85. The van der Waals surface area contributed by atoms with Crippen molar-refractivity contribution in [2.24, 2.45) is 0 Å². The zero-order valence-corrected chi connectivity index (χ0v) is 12.0. The van der Waals surface area contributed by atoms with Crippen LogP contribution in [0.25, 0.3) is 0 Å². The summed E-state index contributed by atoms with van der Waals surface area (Å²) in [5.74, 6) is 0.643. The lowest BCUT2D eigenvalue weighted by Gasteiger charge is -2.21. The molecule has 5 nitrogen and oxygen atoms in total. The van der Waals surface area contributed by atoms with Crippen molar-refractivity contribution in [1.29, 1.82) is 5.26 Å². The Morgan fingerprint density at radius 1 is 1.30 bits per heavy atom. The lowest BCUT2D eigenvalue weighted by Crippen LogP contribution is -2.34. The summed E-state index contributed by atoms with van der Waals surface area (Å²) in [6.07, 6.45) is 0.312. The molecule has 0 heterocycles. The minimum absolute atomic E-state index is 0.0969. The first-order valence-electron chi connectivity index (χ1n) is 6.61. The first-order chi connectivity index (χ1) is 9.72. The van der Waals surface area contributed by atoms with Gasteiger partial charge in [-0.3, -0.25) is 4.79 Å². The van der Waals surface area contributed by atoms with Crippen molar-refractivity contribution in [3.05, 3.63) is 29.8 Å². The van der Waals surface area contributed by atoms with E-state index in [2.05, 4.69) is 6.07 Å². The van der Waals surface area contributed by atoms with Crippen LogP contribution in [0.4, 0.5) is 0 Å². The molecule has 1 aromatic rings. The van der Waals surface area contributed by atoms with E-state index in [1.165, 1.54) is 0 Å². The molecule has 0 saturated heterocycles. The fourth-order valence-corrected chi connectivity index (χ4v) is 1.74. The van der Waals surface area contributed by atoms with Crippen molar-refractivity contribution in [3.8, 4) is 11.8 Å². The van der Waals surface area contributed by atoms with E-state index < -0.39 is 0 Å². The highest BCUT2D eigenvalue weighted by atomic mass is 16.5. The van der Waals surface area contributed by atoms with Gasteiger partial charge >= 0.3 is 0 Å². The van der Waals surface area contributed by atoms with Crippen LogP contribution in [0.1, 0.15) is 23.7 Å². The van der Waals surface area contributed by atoms with Crippen molar-refractivity contribution in [3.63, 3.8) is 0 Å². The molecular weight excluding hydrogens is 256 g/mol. The van der Waals surface area contributed by atoms with Gasteiger partial charge in [0.15, 0.2) is 0 Å². The highest BCUT2D eigenvalue weighted by Gasteiger charge is 2.15. The third-order valence-electron chi connectivity index (χ3n) is 2.76. The molecule has 1 aromatic carbocycles. The maximum Gasteiger partial charge on any atom is 0.253 e. The number of carbonyl (C=O) groups is 1. The SMILES string of the molecule is CCOc1ccc(C(=O)N(CCC#N)CCOC)cc1. The molecule has 5 heteroatoms. The molecule has 1 rings (SSSR count). The Morgan fingerprint density at radius 3 is 2.55 bits per heavy atom. The highest BCUT2D eigenvalue weighted by molar-refractivity contribution is 5.94. The molecular formula is C15H20N2O3. The quantitative estimate of drug-likeness (QED) is 0.729. The molecule has 0 aromatic heterocycles. The number of nitriles is 1. The minimum atomic E-state index is -0.0969. The van der Waals surface area contributed by atoms with E-state index in [-0.39, 0.29) is 5.91 Å². The van der Waals surface area contributed by atoms with Crippen LogP contribution in [0.15, 0.2) is 24.3 Å². The van der Waals surface area contributed by atoms with E-state index in [0.717, 1.165) is 5.75 Å². The number of hydrogen-bond donors (Lipinski definition) is 0. The second-order valence-corrected chi connectivity index (χ2v) is 4.15. The maximum atomic E-state index is 12.3. The zero-order chi connectivity index (χ0) is 14.8. The fraction of sp³-hybridized carbons (Fsp3) is 0.467. The molecule has 0 aliphatic carbocycles. The summed E-state index contributed by atoms with van der Waals surface area (Å²) in [6, 6.07) is 9.07. The number of amides is 1. The molecule has 0 N–H and O–H groups in total. The maximum absolute atomic E-state index is 12.3. The van der Waals surface area contributed by atoms with E-state index in [4.69, 9.17) is 14.7 Å². The lowest BCUT2D eigenvalue weighted by atomic mass is 10.2. The van der Waals surface area contributed by atoms with E-state index in [1.807, 2.05) is 6.92 Å². The molecule has 1 amide bonds. The largest absolute Gasteiger partial charge is 0.494 e. The fourth-order valence-electron chi connectivity index (χ4n) is 1.74. The van der Waals surface area contributed by atoms with Gasteiger partial charge in [0.05, 0.1) is 25.7 Å². The van der Waals surface area contributed by atoms with Gasteiger partial charge in [-0.15, -0.1) is 0 Å². The Hall–Kier alpha value is -2.06. The summed E-state index contributed by atoms with van der Waals surface area (Å²) < 4.78 is 10.3. The summed E-state index contributed by atoms with van der Waals surface area (Å²) in [5, 5.41) is 8.65. The number of benzene rings is 1. The average Bonchev–Trinajstić information content (AvgIpc) is 2.48. The van der Waals surface area contributed by atoms with Crippen molar-refractivity contribution < 1.29 is 14.3 Å². The molecule has 0 unspecified atom stereocenters. The second-order valence-electron chi connectivity index (χ2n) is 4.15. The van der Waals surface area contributed by atoms with E-state index >= 15 is 0 Å². The van der Waals surface area contributed by atoms with Crippen LogP contribution in [0.3, 0.4) is 0 Å². The molecule has 0 atom stereocenters. The van der Waals surface area contributed by atoms with E-state index in [1.54, 1.807) is 36.3 Å². The molecule has 0 fully saturated rings. The highest BCUT2D eigenvalue weighted by Crippen LogP contribution is 2.14. The first kappa shape index (κ1) is 16.0. The summed E-state index contributed by atoms with van der Waals surface area (Å²) in [4.78, 5) is 14.0. The number of rotatable bonds is 8. The van der Waals surface area contributed by atoms with Gasteiger partial charge in [-0.25, -0.2) is 0 Å². The predicted octanol–water partition coefficient (Wildman–Crippen LogP) is 2.09. The van der Waals surface area contributed by atoms with E-state index in [9.17, 15) is 4.79 Å². The number of methoxy groups -OCH3 is 1.